The van der Waals surface area contributed by atoms with E-state index >= 15 is 0 Å². The number of rotatable bonds is 4. The summed E-state index contributed by atoms with van der Waals surface area (Å²) >= 11 is 0. The molecular weight excluding hydrogens is 264 g/mol. The molecule has 5 heteroatoms. The van der Waals surface area contributed by atoms with Crippen molar-refractivity contribution in [1.29, 1.82) is 5.26 Å². The Labute approximate surface area is 114 Å². The Morgan fingerprint density at radius 2 is 1.70 bits per heavy atom. The molecule has 0 heterocycles. The standard InChI is InChI=1S/C15H11F2NO2/c16-12-5-13(17)7-14(6-12)20-9-15(19)11-3-1-10(8-18)2-4-11/h1-7,15,19H,9H2. The lowest BCUT2D eigenvalue weighted by Gasteiger charge is -2.13. The van der Waals surface area contributed by atoms with Gasteiger partial charge in [-0.2, -0.15) is 5.26 Å². The molecule has 102 valence electrons. The number of ether oxygens (including phenoxy) is 1. The Bertz CT molecular complexity index is 615. The summed E-state index contributed by atoms with van der Waals surface area (Å²) < 4.78 is 31.0. The highest BCUT2D eigenvalue weighted by atomic mass is 19.1. The number of aliphatic hydroxyl groups excluding tert-OH is 1. The first-order chi connectivity index (χ1) is 9.58. The Morgan fingerprint density at radius 1 is 1.10 bits per heavy atom. The molecule has 0 bridgehead atoms. The van der Waals surface area contributed by atoms with Gasteiger partial charge in [-0.05, 0) is 17.7 Å². The molecular formula is C15H11F2NO2. The minimum absolute atomic E-state index is 0.00944. The monoisotopic (exact) mass is 275 g/mol. The smallest absolute Gasteiger partial charge is 0.129 e. The molecule has 0 amide bonds. The normalized spacial score (nSPS) is 11.7. The lowest BCUT2D eigenvalue weighted by Crippen LogP contribution is -2.09. The average molecular weight is 275 g/mol. The predicted molar refractivity (Wildman–Crippen MR) is 68.0 cm³/mol. The molecule has 0 aliphatic carbocycles. The Morgan fingerprint density at radius 3 is 2.25 bits per heavy atom. The first-order valence-corrected chi connectivity index (χ1v) is 5.85. The molecule has 2 aromatic carbocycles. The first-order valence-electron chi connectivity index (χ1n) is 5.85. The second kappa shape index (κ2) is 6.13. The molecule has 2 aromatic rings. The molecule has 0 aliphatic heterocycles. The van der Waals surface area contributed by atoms with Crippen molar-refractivity contribution in [3.8, 4) is 11.8 Å². The molecule has 3 nitrogen and oxygen atoms in total. The minimum atomic E-state index is -0.950. The number of hydrogen-bond donors (Lipinski definition) is 1. The Balaban J connectivity index is 2.00. The van der Waals surface area contributed by atoms with Crippen LogP contribution in [-0.4, -0.2) is 11.7 Å². The number of benzene rings is 2. The van der Waals surface area contributed by atoms with Crippen molar-refractivity contribution >= 4 is 0 Å². The number of halogens is 2. The lowest BCUT2D eigenvalue weighted by molar-refractivity contribution is 0.108. The fourth-order valence-electron chi connectivity index (χ4n) is 1.66. The SMILES string of the molecule is N#Cc1ccc(C(O)COc2cc(F)cc(F)c2)cc1. The molecule has 0 aromatic heterocycles. The van der Waals surface area contributed by atoms with Crippen LogP contribution in [0.2, 0.25) is 0 Å². The molecule has 0 spiro atoms. The zero-order valence-electron chi connectivity index (χ0n) is 10.4. The molecule has 0 fully saturated rings. The van der Waals surface area contributed by atoms with Crippen LogP contribution in [0.15, 0.2) is 42.5 Å². The van der Waals surface area contributed by atoms with Crippen molar-refractivity contribution in [3.05, 3.63) is 65.2 Å². The molecule has 1 N–H and O–H groups in total. The maximum Gasteiger partial charge on any atom is 0.129 e. The molecule has 1 atom stereocenters. The van der Waals surface area contributed by atoms with E-state index in [1.807, 2.05) is 6.07 Å². The Kier molecular flexibility index (Phi) is 4.28. The number of hydrogen-bond acceptors (Lipinski definition) is 3. The van der Waals surface area contributed by atoms with Crippen molar-refractivity contribution < 1.29 is 18.6 Å². The van der Waals surface area contributed by atoms with Crippen LogP contribution in [0.5, 0.6) is 5.75 Å². The maximum atomic E-state index is 12.9. The van der Waals surface area contributed by atoms with Crippen LogP contribution in [0.25, 0.3) is 0 Å². The van der Waals surface area contributed by atoms with Gasteiger partial charge >= 0.3 is 0 Å². The van der Waals surface area contributed by atoms with Gasteiger partial charge in [-0.25, -0.2) is 8.78 Å². The van der Waals surface area contributed by atoms with Crippen LogP contribution >= 0.6 is 0 Å². The largest absolute Gasteiger partial charge is 0.490 e. The lowest BCUT2D eigenvalue weighted by atomic mass is 10.1. The van der Waals surface area contributed by atoms with E-state index in [1.54, 1.807) is 24.3 Å². The topological polar surface area (TPSA) is 53.2 Å². The summed E-state index contributed by atoms with van der Waals surface area (Å²) in [7, 11) is 0. The molecule has 0 aliphatic rings. The third-order valence-electron chi connectivity index (χ3n) is 2.67. The van der Waals surface area contributed by atoms with Gasteiger partial charge < -0.3 is 9.84 Å². The fourth-order valence-corrected chi connectivity index (χ4v) is 1.66. The summed E-state index contributed by atoms with van der Waals surface area (Å²) in [6, 6.07) is 11.1. The highest BCUT2D eigenvalue weighted by molar-refractivity contribution is 5.32. The summed E-state index contributed by atoms with van der Waals surface area (Å²) in [5.41, 5.74) is 1.04. The third kappa shape index (κ3) is 3.53. The van der Waals surface area contributed by atoms with Gasteiger partial charge in [-0.3, -0.25) is 0 Å². The molecule has 1 unspecified atom stereocenters. The van der Waals surface area contributed by atoms with Crippen LogP contribution in [0.4, 0.5) is 8.78 Å². The molecule has 0 radical (unpaired) electrons. The summed E-state index contributed by atoms with van der Waals surface area (Å²) in [5, 5.41) is 18.6. The van der Waals surface area contributed by atoms with Crippen LogP contribution in [0.3, 0.4) is 0 Å². The van der Waals surface area contributed by atoms with Gasteiger partial charge in [-0.1, -0.05) is 12.1 Å². The van der Waals surface area contributed by atoms with Crippen molar-refractivity contribution in [2.75, 3.05) is 6.61 Å². The van der Waals surface area contributed by atoms with E-state index in [-0.39, 0.29) is 12.4 Å². The molecule has 20 heavy (non-hydrogen) atoms. The Hall–Kier alpha value is -2.45. The summed E-state index contributed by atoms with van der Waals surface area (Å²) in [6.07, 6.45) is -0.950. The third-order valence-corrected chi connectivity index (χ3v) is 2.67. The maximum absolute atomic E-state index is 12.9. The van der Waals surface area contributed by atoms with E-state index in [0.717, 1.165) is 18.2 Å². The number of nitrogens with zero attached hydrogens (tertiary/aromatic N) is 1. The summed E-state index contributed by atoms with van der Waals surface area (Å²) in [6.45, 7) is -0.144. The predicted octanol–water partition coefficient (Wildman–Crippen LogP) is 2.95. The highest BCUT2D eigenvalue weighted by Crippen LogP contribution is 2.19. The first kappa shape index (κ1) is 14.0. The van der Waals surface area contributed by atoms with Gasteiger partial charge in [0.1, 0.15) is 30.1 Å². The van der Waals surface area contributed by atoms with Crippen molar-refractivity contribution in [3.63, 3.8) is 0 Å². The van der Waals surface area contributed by atoms with Crippen LogP contribution in [0.1, 0.15) is 17.2 Å². The van der Waals surface area contributed by atoms with E-state index < -0.39 is 17.7 Å². The molecule has 2 rings (SSSR count). The van der Waals surface area contributed by atoms with Crippen LogP contribution in [0, 0.1) is 23.0 Å². The highest BCUT2D eigenvalue weighted by Gasteiger charge is 2.09. The minimum Gasteiger partial charge on any atom is -0.490 e. The van der Waals surface area contributed by atoms with E-state index in [0.29, 0.717) is 11.1 Å². The van der Waals surface area contributed by atoms with Gasteiger partial charge in [0.2, 0.25) is 0 Å². The van der Waals surface area contributed by atoms with Crippen molar-refractivity contribution in [1.82, 2.24) is 0 Å². The average Bonchev–Trinajstić information content (AvgIpc) is 2.44. The van der Waals surface area contributed by atoms with Gasteiger partial charge in [0.25, 0.3) is 0 Å². The van der Waals surface area contributed by atoms with Gasteiger partial charge in [0.15, 0.2) is 0 Å². The van der Waals surface area contributed by atoms with E-state index in [4.69, 9.17) is 10.00 Å². The molecule has 0 saturated heterocycles. The van der Waals surface area contributed by atoms with E-state index in [1.165, 1.54) is 0 Å². The second-order valence-corrected chi connectivity index (χ2v) is 4.17. The molecule has 0 saturated carbocycles. The summed E-state index contributed by atoms with van der Waals surface area (Å²) in [5.74, 6) is -1.48. The van der Waals surface area contributed by atoms with Crippen LogP contribution < -0.4 is 4.74 Å². The summed E-state index contributed by atoms with van der Waals surface area (Å²) in [4.78, 5) is 0. The fraction of sp³-hybridized carbons (Fsp3) is 0.133. The quantitative estimate of drug-likeness (QED) is 0.933. The number of aliphatic hydroxyl groups is 1. The van der Waals surface area contributed by atoms with Gasteiger partial charge in [-0.15, -0.1) is 0 Å². The van der Waals surface area contributed by atoms with Crippen molar-refractivity contribution in [2.24, 2.45) is 0 Å². The zero-order chi connectivity index (χ0) is 14.5. The van der Waals surface area contributed by atoms with Gasteiger partial charge in [0, 0.05) is 18.2 Å². The van der Waals surface area contributed by atoms with Gasteiger partial charge in [0.05, 0.1) is 11.6 Å². The van der Waals surface area contributed by atoms with E-state index in [9.17, 15) is 13.9 Å². The number of nitriles is 1. The second-order valence-electron chi connectivity index (χ2n) is 4.17. The van der Waals surface area contributed by atoms with Crippen LogP contribution in [-0.2, 0) is 0 Å². The zero-order valence-corrected chi connectivity index (χ0v) is 10.4. The van der Waals surface area contributed by atoms with E-state index in [2.05, 4.69) is 0 Å². The van der Waals surface area contributed by atoms with Crippen molar-refractivity contribution in [2.45, 2.75) is 6.10 Å².